The minimum absolute atomic E-state index is 0.491. The number of aryl methyl sites for hydroxylation is 2. The highest BCUT2D eigenvalue weighted by Crippen LogP contribution is 2.27. The maximum absolute atomic E-state index is 6.19. The predicted octanol–water partition coefficient (Wildman–Crippen LogP) is 3.87. The van der Waals surface area contributed by atoms with Crippen molar-refractivity contribution >= 4 is 11.6 Å². The van der Waals surface area contributed by atoms with E-state index in [4.69, 9.17) is 22.1 Å². The van der Waals surface area contributed by atoms with Crippen LogP contribution in [0.1, 0.15) is 28.7 Å². The van der Waals surface area contributed by atoms with Crippen LogP contribution in [-0.4, -0.2) is 0 Å². The zero-order valence-electron chi connectivity index (χ0n) is 11.4. The fourth-order valence-electron chi connectivity index (χ4n) is 2.66. The number of hydrogen-bond donors (Lipinski definition) is 1. The van der Waals surface area contributed by atoms with E-state index in [-0.39, 0.29) is 0 Å². The minimum atomic E-state index is 0.491. The molecule has 0 radical (unpaired) electrons. The highest BCUT2D eigenvalue weighted by molar-refractivity contribution is 6.32. The van der Waals surface area contributed by atoms with Crippen LogP contribution in [0.4, 0.5) is 0 Å². The van der Waals surface area contributed by atoms with Gasteiger partial charge in [-0.2, -0.15) is 0 Å². The van der Waals surface area contributed by atoms with Gasteiger partial charge in [0, 0.05) is 6.54 Å². The summed E-state index contributed by atoms with van der Waals surface area (Å²) in [4.78, 5) is 0. The lowest BCUT2D eigenvalue weighted by Crippen LogP contribution is -1.99. The molecule has 20 heavy (non-hydrogen) atoms. The summed E-state index contributed by atoms with van der Waals surface area (Å²) in [5.74, 6) is 0.712. The Balaban J connectivity index is 1.70. The van der Waals surface area contributed by atoms with Crippen LogP contribution < -0.4 is 10.5 Å². The van der Waals surface area contributed by atoms with Gasteiger partial charge in [-0.25, -0.2) is 0 Å². The molecule has 104 valence electrons. The Labute approximate surface area is 124 Å². The van der Waals surface area contributed by atoms with Gasteiger partial charge in [-0.15, -0.1) is 0 Å². The van der Waals surface area contributed by atoms with E-state index >= 15 is 0 Å². The zero-order chi connectivity index (χ0) is 13.9. The molecule has 2 aromatic carbocycles. The van der Waals surface area contributed by atoms with Crippen molar-refractivity contribution in [2.75, 3.05) is 0 Å². The van der Waals surface area contributed by atoms with Crippen LogP contribution in [0.2, 0.25) is 5.02 Å². The molecule has 0 aliphatic heterocycles. The molecule has 2 N–H and O–H groups in total. The molecule has 0 heterocycles. The molecule has 2 aromatic rings. The number of benzene rings is 2. The van der Waals surface area contributed by atoms with Crippen LogP contribution in [0.3, 0.4) is 0 Å². The summed E-state index contributed by atoms with van der Waals surface area (Å²) in [6, 6.07) is 12.3. The molecule has 0 spiro atoms. The third kappa shape index (κ3) is 2.82. The highest BCUT2D eigenvalue weighted by atomic mass is 35.5. The van der Waals surface area contributed by atoms with Crippen molar-refractivity contribution in [2.45, 2.75) is 32.4 Å². The molecular formula is C17H18ClNO. The van der Waals surface area contributed by atoms with E-state index in [1.807, 2.05) is 18.2 Å². The molecule has 0 saturated heterocycles. The minimum Gasteiger partial charge on any atom is -0.487 e. The lowest BCUT2D eigenvalue weighted by molar-refractivity contribution is 0.306. The van der Waals surface area contributed by atoms with Gasteiger partial charge in [-0.3, -0.25) is 0 Å². The molecular weight excluding hydrogens is 270 g/mol. The van der Waals surface area contributed by atoms with E-state index in [2.05, 4.69) is 18.2 Å². The Hall–Kier alpha value is -1.51. The molecule has 1 aliphatic carbocycles. The summed E-state index contributed by atoms with van der Waals surface area (Å²) in [5.41, 5.74) is 10.8. The number of hydrogen-bond acceptors (Lipinski definition) is 2. The maximum Gasteiger partial charge on any atom is 0.138 e. The standard InChI is InChI=1S/C17H18ClNO/c18-16-9-12(10-19)5-7-17(16)20-11-13-4-6-14-2-1-3-15(14)8-13/h4-9H,1-3,10-11,19H2. The van der Waals surface area contributed by atoms with Gasteiger partial charge in [0.15, 0.2) is 0 Å². The summed E-state index contributed by atoms with van der Waals surface area (Å²) >= 11 is 6.19. The molecule has 0 atom stereocenters. The molecule has 0 unspecified atom stereocenters. The smallest absolute Gasteiger partial charge is 0.138 e. The molecule has 0 aromatic heterocycles. The second-order valence-electron chi connectivity index (χ2n) is 5.21. The van der Waals surface area contributed by atoms with Crippen molar-refractivity contribution in [3.8, 4) is 5.75 Å². The van der Waals surface area contributed by atoms with Gasteiger partial charge in [-0.05, 0) is 53.6 Å². The van der Waals surface area contributed by atoms with Crippen LogP contribution in [0, 0.1) is 0 Å². The molecule has 3 rings (SSSR count). The van der Waals surface area contributed by atoms with Crippen molar-refractivity contribution < 1.29 is 4.74 Å². The predicted molar refractivity (Wildman–Crippen MR) is 82.1 cm³/mol. The molecule has 0 bridgehead atoms. The average Bonchev–Trinajstić information content (AvgIpc) is 2.93. The lowest BCUT2D eigenvalue weighted by atomic mass is 10.1. The average molecular weight is 288 g/mol. The van der Waals surface area contributed by atoms with Gasteiger partial charge in [0.1, 0.15) is 12.4 Å². The first-order valence-corrected chi connectivity index (χ1v) is 7.36. The van der Waals surface area contributed by atoms with Crippen molar-refractivity contribution in [1.29, 1.82) is 0 Å². The van der Waals surface area contributed by atoms with Crippen molar-refractivity contribution in [1.82, 2.24) is 0 Å². The monoisotopic (exact) mass is 287 g/mol. The number of ether oxygens (including phenoxy) is 1. The molecule has 0 fully saturated rings. The number of nitrogens with two attached hydrogens (primary N) is 1. The van der Waals surface area contributed by atoms with Crippen LogP contribution in [0.5, 0.6) is 5.75 Å². The van der Waals surface area contributed by atoms with E-state index in [9.17, 15) is 0 Å². The van der Waals surface area contributed by atoms with Crippen molar-refractivity contribution in [3.63, 3.8) is 0 Å². The summed E-state index contributed by atoms with van der Waals surface area (Å²) in [5, 5.41) is 0.620. The summed E-state index contributed by atoms with van der Waals surface area (Å²) in [6.07, 6.45) is 3.67. The molecule has 0 amide bonds. The first-order chi connectivity index (χ1) is 9.76. The molecule has 3 heteroatoms. The van der Waals surface area contributed by atoms with E-state index in [0.29, 0.717) is 23.9 Å². The van der Waals surface area contributed by atoms with Gasteiger partial charge in [0.25, 0.3) is 0 Å². The third-order valence-corrected chi connectivity index (χ3v) is 4.08. The number of fused-ring (bicyclic) bond motifs is 1. The Morgan fingerprint density at radius 1 is 1.00 bits per heavy atom. The summed E-state index contributed by atoms with van der Waals surface area (Å²) < 4.78 is 5.81. The van der Waals surface area contributed by atoms with E-state index in [0.717, 1.165) is 5.56 Å². The van der Waals surface area contributed by atoms with Crippen LogP contribution in [-0.2, 0) is 26.0 Å². The van der Waals surface area contributed by atoms with Crippen molar-refractivity contribution in [3.05, 3.63) is 63.7 Å². The molecule has 0 saturated carbocycles. The Morgan fingerprint density at radius 3 is 2.60 bits per heavy atom. The Bertz CT molecular complexity index is 624. The van der Waals surface area contributed by atoms with Crippen molar-refractivity contribution in [2.24, 2.45) is 5.73 Å². The first-order valence-electron chi connectivity index (χ1n) is 6.98. The zero-order valence-corrected chi connectivity index (χ0v) is 12.1. The maximum atomic E-state index is 6.19. The van der Waals surface area contributed by atoms with Gasteiger partial charge < -0.3 is 10.5 Å². The van der Waals surface area contributed by atoms with Crippen LogP contribution in [0.25, 0.3) is 0 Å². The third-order valence-electron chi connectivity index (χ3n) is 3.79. The lowest BCUT2D eigenvalue weighted by Gasteiger charge is -2.10. The molecule has 1 aliphatic rings. The Kier molecular flexibility index (Phi) is 3.95. The molecule has 2 nitrogen and oxygen atoms in total. The van der Waals surface area contributed by atoms with Gasteiger partial charge >= 0.3 is 0 Å². The first kappa shape index (κ1) is 13.5. The SMILES string of the molecule is NCc1ccc(OCc2ccc3c(c2)CCC3)c(Cl)c1. The van der Waals surface area contributed by atoms with Gasteiger partial charge in [-0.1, -0.05) is 35.9 Å². The Morgan fingerprint density at radius 2 is 1.80 bits per heavy atom. The van der Waals surface area contributed by atoms with Crippen LogP contribution in [0.15, 0.2) is 36.4 Å². The topological polar surface area (TPSA) is 35.2 Å². The van der Waals surface area contributed by atoms with Gasteiger partial charge in [0.2, 0.25) is 0 Å². The highest BCUT2D eigenvalue weighted by Gasteiger charge is 2.11. The number of halogens is 1. The fourth-order valence-corrected chi connectivity index (χ4v) is 2.92. The van der Waals surface area contributed by atoms with Crippen LogP contribution >= 0.6 is 11.6 Å². The quantitative estimate of drug-likeness (QED) is 0.926. The van der Waals surface area contributed by atoms with Gasteiger partial charge in [0.05, 0.1) is 5.02 Å². The summed E-state index contributed by atoms with van der Waals surface area (Å²) in [7, 11) is 0. The van der Waals surface area contributed by atoms with E-state index in [1.165, 1.54) is 36.0 Å². The fraction of sp³-hybridized carbons (Fsp3) is 0.294. The van der Waals surface area contributed by atoms with E-state index in [1.54, 1.807) is 0 Å². The normalized spacial score (nSPS) is 13.3. The second-order valence-corrected chi connectivity index (χ2v) is 5.62. The van der Waals surface area contributed by atoms with E-state index < -0.39 is 0 Å². The second kappa shape index (κ2) is 5.86. The number of rotatable bonds is 4. The summed E-state index contributed by atoms with van der Waals surface area (Å²) in [6.45, 7) is 1.04. The largest absolute Gasteiger partial charge is 0.487 e.